The van der Waals surface area contributed by atoms with Gasteiger partial charge in [0.15, 0.2) is 5.82 Å². The Balaban J connectivity index is 1.69. The lowest BCUT2D eigenvalue weighted by Crippen LogP contribution is -2.03. The molecule has 49 heavy (non-hydrogen) atoms. The molecule has 0 unspecified atom stereocenters. The van der Waals surface area contributed by atoms with Crippen LogP contribution in [0, 0.1) is 41.5 Å². The quantitative estimate of drug-likeness (QED) is 0.179. The summed E-state index contributed by atoms with van der Waals surface area (Å²) >= 11 is 0. The number of nitrogens with zero attached hydrogens (tertiary/aromatic N) is 5. The number of H-pyrrole nitrogens is 3. The van der Waals surface area contributed by atoms with Crippen LogP contribution in [0.4, 0.5) is 0 Å². The van der Waals surface area contributed by atoms with Gasteiger partial charge in [-0.05, 0) is 130 Å². The Labute approximate surface area is 285 Å². The van der Waals surface area contributed by atoms with Crippen LogP contribution in [-0.4, -0.2) is 38.6 Å². The van der Waals surface area contributed by atoms with Gasteiger partial charge in [-0.25, -0.2) is 9.97 Å². The first-order valence-corrected chi connectivity index (χ1v) is 16.7. The minimum atomic E-state index is 0.687. The average molecular weight is 645 g/mol. The number of aryl methyl sites for hydroxylation is 6. The molecule has 0 atom stereocenters. The Morgan fingerprint density at radius 2 is 0.776 bits per heavy atom. The second-order valence-corrected chi connectivity index (χ2v) is 13.0. The molecule has 0 fully saturated rings. The molecule has 3 N–H and O–H groups in total. The van der Waals surface area contributed by atoms with Gasteiger partial charge >= 0.3 is 0 Å². The average Bonchev–Trinajstić information content (AvgIpc) is 3.80. The molecule has 3 aromatic carbocycles. The van der Waals surface area contributed by atoms with Crippen molar-refractivity contribution in [3.8, 4) is 17.1 Å². The van der Waals surface area contributed by atoms with Crippen molar-refractivity contribution in [3.05, 3.63) is 136 Å². The van der Waals surface area contributed by atoms with Gasteiger partial charge in [-0.15, -0.1) is 0 Å². The van der Waals surface area contributed by atoms with Crippen LogP contribution in [0.1, 0.15) is 52.0 Å². The molecule has 1 aliphatic rings. The highest BCUT2D eigenvalue weighted by Crippen LogP contribution is 2.32. The number of aromatic nitrogens is 8. The Bertz CT molecular complexity index is 2600. The van der Waals surface area contributed by atoms with Crippen LogP contribution in [0.3, 0.4) is 0 Å². The molecule has 1 aliphatic heterocycles. The highest BCUT2D eigenvalue weighted by Gasteiger charge is 2.20. The van der Waals surface area contributed by atoms with E-state index in [1.54, 1.807) is 0 Å². The zero-order valence-corrected chi connectivity index (χ0v) is 29.0. The van der Waals surface area contributed by atoms with Crippen molar-refractivity contribution in [2.75, 3.05) is 0 Å². The van der Waals surface area contributed by atoms with Gasteiger partial charge in [0.2, 0.25) is 0 Å². The molecule has 0 saturated carbocycles. The highest BCUT2D eigenvalue weighted by molar-refractivity contribution is 5.83. The van der Waals surface area contributed by atoms with Gasteiger partial charge < -0.3 is 15.0 Å². The van der Waals surface area contributed by atoms with E-state index < -0.39 is 0 Å². The van der Waals surface area contributed by atoms with Crippen LogP contribution in [0.5, 0.6) is 0 Å². The first-order valence-electron chi connectivity index (χ1n) is 16.7. The SMILES string of the molecule is CC1=Cc2nc1nc1[nH]c(c(C)c1C)n(-c1ccccc1)c1[nH]c(c(C)c1C)n(-c1ccccc1)c1[nH]c(c(C)c1C)n2-c1ccccc1. The van der Waals surface area contributed by atoms with E-state index >= 15 is 0 Å². The molecule has 0 saturated heterocycles. The number of rotatable bonds is 3. The summed E-state index contributed by atoms with van der Waals surface area (Å²) in [5.41, 5.74) is 16.5. The molecule has 8 bridgehead atoms. The number of allylic oxidation sites excluding steroid dienone is 1. The smallest absolute Gasteiger partial charge is 0.159 e. The van der Waals surface area contributed by atoms with E-state index in [9.17, 15) is 0 Å². The van der Waals surface area contributed by atoms with Gasteiger partial charge in [0.05, 0.1) is 0 Å². The largest absolute Gasteiger partial charge is 0.327 e. The van der Waals surface area contributed by atoms with Crippen molar-refractivity contribution in [1.82, 2.24) is 38.6 Å². The zero-order chi connectivity index (χ0) is 34.0. The molecule has 7 aromatic rings. The zero-order valence-electron chi connectivity index (χ0n) is 29.0. The normalized spacial score (nSPS) is 12.1. The lowest BCUT2D eigenvalue weighted by Gasteiger charge is -2.11. The summed E-state index contributed by atoms with van der Waals surface area (Å²) in [6, 6.07) is 31.5. The maximum atomic E-state index is 5.19. The molecule has 0 amide bonds. The van der Waals surface area contributed by atoms with Crippen LogP contribution in [0.25, 0.3) is 62.6 Å². The van der Waals surface area contributed by atoms with E-state index in [-0.39, 0.29) is 0 Å². The number of nitrogens with one attached hydrogen (secondary N) is 3. The van der Waals surface area contributed by atoms with E-state index in [0.717, 1.165) is 95.7 Å². The Morgan fingerprint density at radius 3 is 1.22 bits per heavy atom. The maximum Gasteiger partial charge on any atom is 0.159 e. The van der Waals surface area contributed by atoms with Gasteiger partial charge in [0.1, 0.15) is 39.7 Å². The topological polar surface area (TPSA) is 87.9 Å². The number of para-hydroxylation sites is 3. The summed E-state index contributed by atoms with van der Waals surface area (Å²) in [5.74, 6) is 1.49. The lowest BCUT2D eigenvalue weighted by molar-refractivity contribution is 0.986. The number of aromatic amines is 3. The molecular weight excluding hydrogens is 605 g/mol. The van der Waals surface area contributed by atoms with Crippen molar-refractivity contribution in [2.24, 2.45) is 0 Å². The molecule has 8 heteroatoms. The summed E-state index contributed by atoms with van der Waals surface area (Å²) in [7, 11) is 0. The fourth-order valence-electron chi connectivity index (χ4n) is 6.86. The first kappa shape index (κ1) is 30.3. The van der Waals surface area contributed by atoms with Gasteiger partial charge in [-0.1, -0.05) is 54.6 Å². The summed E-state index contributed by atoms with van der Waals surface area (Å²) in [5, 5.41) is 0. The predicted octanol–water partition coefficient (Wildman–Crippen LogP) is 9.83. The summed E-state index contributed by atoms with van der Waals surface area (Å²) < 4.78 is 6.81. The first-order chi connectivity index (χ1) is 23.7. The fourth-order valence-corrected chi connectivity index (χ4v) is 6.86. The van der Waals surface area contributed by atoms with Crippen LogP contribution in [-0.2, 0) is 0 Å². The molecule has 0 spiro atoms. The van der Waals surface area contributed by atoms with E-state index in [1.807, 2.05) is 6.07 Å². The molecular formula is C41H40N8. The highest BCUT2D eigenvalue weighted by atomic mass is 15.2. The van der Waals surface area contributed by atoms with Crippen molar-refractivity contribution < 1.29 is 0 Å². The molecule has 0 radical (unpaired) electrons. The molecule has 8 rings (SSSR count). The standard InChI is InChI=1S/C41H40N8/c1-24-23-34-42-35(24)43-36-25(2)26(3)37(44-36)48(32-19-13-9-14-20-32)40-29(6)30(7)41(46-40)49(33-21-15-10-16-22-33)39-28(5)27(4)38(45-39)47(34)31-17-11-8-12-18-31/h8-23,44-46H,1-7H3. The minimum absolute atomic E-state index is 0.687. The predicted molar refractivity (Wildman–Crippen MR) is 202 cm³/mol. The van der Waals surface area contributed by atoms with Crippen molar-refractivity contribution >= 4 is 45.5 Å². The monoisotopic (exact) mass is 644 g/mol. The van der Waals surface area contributed by atoms with Crippen LogP contribution in [0.15, 0.2) is 91.0 Å². The summed E-state index contributed by atoms with van der Waals surface area (Å²) in [4.78, 5) is 21.9. The Hall–Kier alpha value is -6.02. The lowest BCUT2D eigenvalue weighted by atomic mass is 10.2. The second kappa shape index (κ2) is 11.6. The molecule has 5 heterocycles. The third-order valence-corrected chi connectivity index (χ3v) is 10.1. The third kappa shape index (κ3) is 4.82. The number of fused-ring (bicyclic) bond motifs is 8. The number of benzene rings is 3. The van der Waals surface area contributed by atoms with Crippen molar-refractivity contribution in [3.63, 3.8) is 0 Å². The minimum Gasteiger partial charge on any atom is -0.327 e. The van der Waals surface area contributed by atoms with Crippen molar-refractivity contribution in [1.29, 1.82) is 0 Å². The van der Waals surface area contributed by atoms with Gasteiger partial charge in [-0.3, -0.25) is 13.7 Å². The van der Waals surface area contributed by atoms with E-state index in [4.69, 9.17) is 9.97 Å². The van der Waals surface area contributed by atoms with Gasteiger partial charge in [0, 0.05) is 17.1 Å². The molecule has 4 aromatic heterocycles. The Morgan fingerprint density at radius 1 is 0.408 bits per heavy atom. The third-order valence-electron chi connectivity index (χ3n) is 10.1. The van der Waals surface area contributed by atoms with E-state index in [2.05, 4.69) is 168 Å². The van der Waals surface area contributed by atoms with Crippen LogP contribution < -0.4 is 0 Å². The summed E-state index contributed by atoms with van der Waals surface area (Å²) in [6.45, 7) is 15.1. The molecule has 8 nitrogen and oxygen atoms in total. The molecule has 244 valence electrons. The number of hydrogen-bond donors (Lipinski definition) is 3. The van der Waals surface area contributed by atoms with Crippen LogP contribution >= 0.6 is 0 Å². The fraction of sp³-hybridized carbons (Fsp3) is 0.171. The van der Waals surface area contributed by atoms with Gasteiger partial charge in [0.25, 0.3) is 0 Å². The number of hydrogen-bond acceptors (Lipinski definition) is 2. The maximum absolute atomic E-state index is 5.19. The van der Waals surface area contributed by atoms with Gasteiger partial charge in [-0.2, -0.15) is 0 Å². The Kier molecular flexibility index (Phi) is 7.17. The summed E-state index contributed by atoms with van der Waals surface area (Å²) in [6.07, 6.45) is 2.13. The van der Waals surface area contributed by atoms with E-state index in [1.165, 1.54) is 0 Å². The van der Waals surface area contributed by atoms with E-state index in [0.29, 0.717) is 5.82 Å². The molecule has 0 aliphatic carbocycles. The second-order valence-electron chi connectivity index (χ2n) is 13.0. The van der Waals surface area contributed by atoms with Crippen molar-refractivity contribution in [2.45, 2.75) is 48.5 Å². The van der Waals surface area contributed by atoms with Crippen LogP contribution in [0.2, 0.25) is 0 Å².